The molecule has 0 saturated carbocycles. The second-order valence-corrected chi connectivity index (χ2v) is 4.16. The molecule has 1 aromatic rings. The van der Waals surface area contributed by atoms with Crippen molar-refractivity contribution < 1.29 is 0 Å². The van der Waals surface area contributed by atoms with E-state index in [1.54, 1.807) is 4.68 Å². The molecule has 0 unspecified atom stereocenters. The van der Waals surface area contributed by atoms with Gasteiger partial charge < -0.3 is 0 Å². The van der Waals surface area contributed by atoms with E-state index in [-0.39, 0.29) is 0 Å². The molecule has 0 fully saturated rings. The molecular weight excluding hydrogens is 202 g/mol. The molecule has 0 aromatic carbocycles. The number of aryl methyl sites for hydroxylation is 2. The van der Waals surface area contributed by atoms with Crippen LogP contribution in [0.4, 0.5) is 0 Å². The van der Waals surface area contributed by atoms with E-state index in [2.05, 4.69) is 5.10 Å². The first-order valence-corrected chi connectivity index (χ1v) is 5.12. The molecule has 0 radical (unpaired) electrons. The van der Waals surface area contributed by atoms with Gasteiger partial charge in [0.05, 0.1) is 17.5 Å². The first-order chi connectivity index (χ1) is 6.15. The fourth-order valence-electron chi connectivity index (χ4n) is 0.969. The van der Waals surface area contributed by atoms with Crippen molar-refractivity contribution in [1.82, 2.24) is 9.78 Å². The van der Waals surface area contributed by atoms with Crippen LogP contribution in [0.5, 0.6) is 0 Å². The average molecular weight is 211 g/mol. The van der Waals surface area contributed by atoms with E-state index in [1.807, 2.05) is 26.0 Å². The summed E-state index contributed by atoms with van der Waals surface area (Å²) in [7, 11) is 0. The molecule has 0 atom stereocenters. The zero-order chi connectivity index (χ0) is 9.84. The van der Waals surface area contributed by atoms with Gasteiger partial charge in [-0.15, -0.1) is 0 Å². The summed E-state index contributed by atoms with van der Waals surface area (Å²) in [5.41, 5.74) is 1.95. The van der Waals surface area contributed by atoms with Crippen LogP contribution < -0.4 is 0 Å². The predicted octanol–water partition coefficient (Wildman–Crippen LogP) is 1.89. The van der Waals surface area contributed by atoms with Crippen molar-refractivity contribution >= 4 is 28.3 Å². The van der Waals surface area contributed by atoms with E-state index in [1.165, 1.54) is 11.8 Å². The highest BCUT2D eigenvalue weighted by Gasteiger charge is 2.05. The number of thiocarbonyl (C=S) groups is 1. The van der Waals surface area contributed by atoms with Gasteiger partial charge in [0.2, 0.25) is 0 Å². The number of rotatable bonds is 1. The van der Waals surface area contributed by atoms with Crippen LogP contribution in [0.15, 0.2) is 6.07 Å². The van der Waals surface area contributed by atoms with Crippen molar-refractivity contribution in [2.75, 3.05) is 5.75 Å². The molecule has 0 spiro atoms. The molecule has 1 heterocycles. The largest absolute Gasteiger partial charge is 0.220 e. The second kappa shape index (κ2) is 4.40. The standard InChI is InChI=1S/C8H9N3S2/c1-6-5-7(2)11(10-6)8(12)13-4-3-9/h5H,4H2,1-2H3. The minimum absolute atomic E-state index is 0.372. The van der Waals surface area contributed by atoms with Gasteiger partial charge in [0.1, 0.15) is 0 Å². The lowest BCUT2D eigenvalue weighted by atomic mass is 10.4. The highest BCUT2D eigenvalue weighted by atomic mass is 32.2. The number of thioether (sulfide) groups is 1. The summed E-state index contributed by atoms with van der Waals surface area (Å²) in [6.07, 6.45) is 0. The van der Waals surface area contributed by atoms with E-state index in [0.29, 0.717) is 10.1 Å². The van der Waals surface area contributed by atoms with Crippen LogP contribution in [-0.4, -0.2) is 19.9 Å². The van der Waals surface area contributed by atoms with E-state index < -0.39 is 0 Å². The SMILES string of the molecule is Cc1cc(C)n(C(=S)SCC#N)n1. The van der Waals surface area contributed by atoms with E-state index in [4.69, 9.17) is 17.5 Å². The van der Waals surface area contributed by atoms with Crippen LogP contribution in [0.2, 0.25) is 0 Å². The van der Waals surface area contributed by atoms with Crippen LogP contribution in [-0.2, 0) is 0 Å². The Balaban J connectivity index is 2.78. The summed E-state index contributed by atoms with van der Waals surface area (Å²) in [6, 6.07) is 3.99. The summed E-state index contributed by atoms with van der Waals surface area (Å²) < 4.78 is 2.32. The summed E-state index contributed by atoms with van der Waals surface area (Å²) in [6.45, 7) is 3.86. The minimum atomic E-state index is 0.372. The zero-order valence-corrected chi connectivity index (χ0v) is 9.08. The number of nitriles is 1. The Morgan fingerprint density at radius 2 is 2.46 bits per heavy atom. The van der Waals surface area contributed by atoms with Crippen molar-refractivity contribution in [3.05, 3.63) is 17.5 Å². The van der Waals surface area contributed by atoms with Gasteiger partial charge in [0.25, 0.3) is 0 Å². The van der Waals surface area contributed by atoms with Crippen molar-refractivity contribution in [2.45, 2.75) is 13.8 Å². The van der Waals surface area contributed by atoms with Gasteiger partial charge in [0.15, 0.2) is 4.32 Å². The topological polar surface area (TPSA) is 41.6 Å². The van der Waals surface area contributed by atoms with Gasteiger partial charge in [-0.3, -0.25) is 0 Å². The Morgan fingerprint density at radius 3 is 2.92 bits per heavy atom. The van der Waals surface area contributed by atoms with Crippen molar-refractivity contribution in [3.8, 4) is 6.07 Å². The van der Waals surface area contributed by atoms with Crippen LogP contribution >= 0.6 is 24.0 Å². The summed E-state index contributed by atoms with van der Waals surface area (Å²) in [5, 5.41) is 12.6. The van der Waals surface area contributed by atoms with Crippen molar-refractivity contribution in [1.29, 1.82) is 5.26 Å². The molecule has 0 amide bonds. The lowest BCUT2D eigenvalue weighted by Crippen LogP contribution is -2.09. The van der Waals surface area contributed by atoms with Gasteiger partial charge in [0, 0.05) is 5.69 Å². The monoisotopic (exact) mass is 211 g/mol. The van der Waals surface area contributed by atoms with Crippen LogP contribution in [0.3, 0.4) is 0 Å². The van der Waals surface area contributed by atoms with Crippen molar-refractivity contribution in [2.24, 2.45) is 0 Å². The first kappa shape index (κ1) is 10.2. The van der Waals surface area contributed by atoms with E-state index >= 15 is 0 Å². The van der Waals surface area contributed by atoms with Gasteiger partial charge >= 0.3 is 0 Å². The summed E-state index contributed by atoms with van der Waals surface area (Å²) >= 11 is 6.43. The molecule has 3 nitrogen and oxygen atoms in total. The van der Waals surface area contributed by atoms with Crippen LogP contribution in [0.1, 0.15) is 11.4 Å². The molecule has 0 aliphatic heterocycles. The molecule has 0 saturated heterocycles. The predicted molar refractivity (Wildman–Crippen MR) is 57.8 cm³/mol. The molecule has 13 heavy (non-hydrogen) atoms. The lowest BCUT2D eigenvalue weighted by Gasteiger charge is -2.01. The van der Waals surface area contributed by atoms with E-state index in [0.717, 1.165) is 11.4 Å². The summed E-state index contributed by atoms with van der Waals surface area (Å²) in [5.74, 6) is 0.372. The Bertz CT molecular complexity index is 362. The maximum Gasteiger partial charge on any atom is 0.162 e. The fourth-order valence-corrected chi connectivity index (χ4v) is 1.83. The Labute approximate surface area is 86.7 Å². The first-order valence-electron chi connectivity index (χ1n) is 3.72. The van der Waals surface area contributed by atoms with Gasteiger partial charge in [-0.25, -0.2) is 4.68 Å². The number of hydrogen-bond donors (Lipinski definition) is 0. The number of hydrogen-bond acceptors (Lipinski definition) is 4. The molecular formula is C8H9N3S2. The highest BCUT2D eigenvalue weighted by molar-refractivity contribution is 8.23. The van der Waals surface area contributed by atoms with Gasteiger partial charge in [-0.05, 0) is 19.9 Å². The van der Waals surface area contributed by atoms with E-state index in [9.17, 15) is 0 Å². The normalized spacial score (nSPS) is 9.62. The third-order valence-electron chi connectivity index (χ3n) is 1.44. The lowest BCUT2D eigenvalue weighted by molar-refractivity contribution is 0.906. The maximum atomic E-state index is 8.38. The third-order valence-corrected chi connectivity index (χ3v) is 2.66. The zero-order valence-electron chi connectivity index (χ0n) is 7.44. The highest BCUT2D eigenvalue weighted by Crippen LogP contribution is 2.10. The molecule has 1 rings (SSSR count). The molecule has 1 aromatic heterocycles. The van der Waals surface area contributed by atoms with Crippen LogP contribution in [0.25, 0.3) is 0 Å². The van der Waals surface area contributed by atoms with Gasteiger partial charge in [-0.1, -0.05) is 24.0 Å². The number of aromatic nitrogens is 2. The smallest absolute Gasteiger partial charge is 0.162 e. The summed E-state index contributed by atoms with van der Waals surface area (Å²) in [4.78, 5) is 0. The van der Waals surface area contributed by atoms with Gasteiger partial charge in [-0.2, -0.15) is 10.4 Å². The van der Waals surface area contributed by atoms with Crippen molar-refractivity contribution in [3.63, 3.8) is 0 Å². The molecule has 0 aliphatic rings. The van der Waals surface area contributed by atoms with Crippen LogP contribution in [0, 0.1) is 25.2 Å². The molecule has 0 aliphatic carbocycles. The molecule has 5 heteroatoms. The Kier molecular flexibility index (Phi) is 3.46. The Morgan fingerprint density at radius 1 is 1.77 bits per heavy atom. The molecule has 0 bridgehead atoms. The average Bonchev–Trinajstić information content (AvgIpc) is 2.41. The second-order valence-electron chi connectivity index (χ2n) is 2.55. The molecule has 68 valence electrons. The third kappa shape index (κ3) is 2.54. The maximum absolute atomic E-state index is 8.38. The Hall–Kier alpha value is -0.860. The molecule has 0 N–H and O–H groups in total. The quantitative estimate of drug-likeness (QED) is 0.665. The minimum Gasteiger partial charge on any atom is -0.220 e. The fraction of sp³-hybridized carbons (Fsp3) is 0.375. The number of nitrogens with zero attached hydrogens (tertiary/aromatic N) is 3.